The van der Waals surface area contributed by atoms with E-state index in [1.807, 2.05) is 0 Å². The van der Waals surface area contributed by atoms with Crippen LogP contribution < -0.4 is 31.4 Å². The van der Waals surface area contributed by atoms with Crippen LogP contribution in [-0.4, -0.2) is 31.2 Å². The first kappa shape index (κ1) is 25.3. The fourth-order valence-corrected chi connectivity index (χ4v) is 3.69. The second kappa shape index (κ2) is 10.1. The van der Waals surface area contributed by atoms with E-state index in [2.05, 4.69) is 0 Å². The Morgan fingerprint density at radius 2 is 0.677 bits per heavy atom. The van der Waals surface area contributed by atoms with E-state index in [0.717, 1.165) is 0 Å². The topological polar surface area (TPSA) is 286 Å². The molecule has 0 aliphatic heterocycles. The molecule has 0 spiro atoms. The van der Waals surface area contributed by atoms with Crippen LogP contribution in [0.2, 0.25) is 0 Å². The number of benzene rings is 2. The molecule has 19 heteroatoms. The molecule has 172 valence electrons. The molecule has 0 aliphatic rings. The standard InChI is InChI=1S/C12H16N6O12S/c19-13(20)5-1-7(15(23)24)11(8(2-5)16(25)26)31-12-9(17(27)28)3-6(14(21)22)4-10(12)18(29)30/h1-4,13-19,21,23,25,27,29H. The van der Waals surface area contributed by atoms with E-state index < -0.39 is 75.3 Å². The fraction of sp³-hybridized carbons (Fsp3) is 0. The maximum Gasteiger partial charge on any atom is 0.190 e. The zero-order valence-corrected chi connectivity index (χ0v) is 15.7. The van der Waals surface area contributed by atoms with E-state index >= 15 is 0 Å². The largest absolute Gasteiger partial charge is 0.595 e. The van der Waals surface area contributed by atoms with Gasteiger partial charge in [0.05, 0.1) is 24.3 Å². The first-order valence-corrected chi connectivity index (χ1v) is 8.60. The Morgan fingerprint density at radius 3 is 0.839 bits per heavy atom. The Hall–Kier alpha value is -1.93. The van der Waals surface area contributed by atoms with Gasteiger partial charge in [-0.2, -0.15) is 31.4 Å². The van der Waals surface area contributed by atoms with E-state index in [1.165, 1.54) is 0 Å². The second-order valence-corrected chi connectivity index (χ2v) is 6.75. The molecule has 6 unspecified atom stereocenters. The molecule has 12 N–H and O–H groups in total. The number of nitrogens with one attached hydrogen (secondary N) is 6. The summed E-state index contributed by atoms with van der Waals surface area (Å²) >= 11 is 0.139. The second-order valence-electron chi connectivity index (χ2n) is 5.73. The third-order valence-electron chi connectivity index (χ3n) is 3.80. The number of hydrogen-bond acceptors (Lipinski definition) is 13. The van der Waals surface area contributed by atoms with Crippen molar-refractivity contribution < 1.29 is 62.6 Å². The molecule has 0 amide bonds. The SMILES string of the molecule is [O-][NH+](O)c1cc([NH+]([O-])O)c(Sc2c([NH+]([O-])O)cc([NH+]([O-])O)cc2[NH+]([O-])O)c([NH+]([O-])O)c1. The molecule has 0 saturated heterocycles. The summed E-state index contributed by atoms with van der Waals surface area (Å²) in [6, 6.07) is 2.52. The Kier molecular flexibility index (Phi) is 8.27. The molecule has 0 saturated carbocycles. The van der Waals surface area contributed by atoms with Crippen molar-refractivity contribution in [2.24, 2.45) is 0 Å². The molecule has 0 aromatic heterocycles. The molecule has 0 radical (unpaired) electrons. The van der Waals surface area contributed by atoms with Crippen molar-refractivity contribution in [2.75, 3.05) is 0 Å². The normalized spacial score (nSPS) is 17.7. The summed E-state index contributed by atoms with van der Waals surface area (Å²) in [7, 11) is 0. The van der Waals surface area contributed by atoms with E-state index in [1.54, 1.807) is 0 Å². The molecule has 2 rings (SSSR count). The summed E-state index contributed by atoms with van der Waals surface area (Å²) in [6.07, 6.45) is 0. The van der Waals surface area contributed by atoms with Crippen LogP contribution in [-0.2, 0) is 0 Å². The minimum absolute atomic E-state index is 0.139. The first-order valence-electron chi connectivity index (χ1n) is 7.78. The smallest absolute Gasteiger partial charge is 0.190 e. The quantitative estimate of drug-likeness (QED) is 0.161. The van der Waals surface area contributed by atoms with Crippen LogP contribution in [0.3, 0.4) is 0 Å². The Bertz CT molecular complexity index is 795. The van der Waals surface area contributed by atoms with Crippen LogP contribution in [0.1, 0.15) is 0 Å². The highest BCUT2D eigenvalue weighted by atomic mass is 32.2. The predicted octanol–water partition coefficient (Wildman–Crippen LogP) is -5.74. The van der Waals surface area contributed by atoms with Gasteiger partial charge in [-0.05, 0) is 0 Å². The van der Waals surface area contributed by atoms with Gasteiger partial charge >= 0.3 is 0 Å². The lowest BCUT2D eigenvalue weighted by Crippen LogP contribution is -3.03. The number of rotatable bonds is 8. The van der Waals surface area contributed by atoms with Crippen LogP contribution >= 0.6 is 11.8 Å². The van der Waals surface area contributed by atoms with Gasteiger partial charge in [0.1, 0.15) is 9.79 Å². The molecule has 31 heavy (non-hydrogen) atoms. The summed E-state index contributed by atoms with van der Waals surface area (Å²) in [5.74, 6) is 0. The maximum absolute atomic E-state index is 11.6. The highest BCUT2D eigenvalue weighted by molar-refractivity contribution is 8.00. The van der Waals surface area contributed by atoms with E-state index in [9.17, 15) is 52.1 Å². The molecule has 18 nitrogen and oxygen atoms in total. The van der Waals surface area contributed by atoms with Crippen LogP contribution in [0, 0.1) is 31.2 Å². The summed E-state index contributed by atoms with van der Waals surface area (Å²) in [6.45, 7) is 0. The van der Waals surface area contributed by atoms with Gasteiger partial charge in [-0.1, -0.05) is 11.8 Å². The van der Waals surface area contributed by atoms with Gasteiger partial charge in [-0.15, -0.1) is 0 Å². The molecular weight excluding hydrogens is 452 g/mol. The zero-order valence-electron chi connectivity index (χ0n) is 14.9. The molecule has 2 aromatic rings. The van der Waals surface area contributed by atoms with Crippen molar-refractivity contribution >= 4 is 45.9 Å². The van der Waals surface area contributed by atoms with Gasteiger partial charge in [0, 0.05) is 0 Å². The van der Waals surface area contributed by atoms with E-state index in [-0.39, 0.29) is 11.8 Å². The van der Waals surface area contributed by atoms with E-state index in [0.29, 0.717) is 24.3 Å². The van der Waals surface area contributed by atoms with Crippen molar-refractivity contribution in [3.05, 3.63) is 55.5 Å². The zero-order chi connectivity index (χ0) is 23.6. The van der Waals surface area contributed by atoms with Gasteiger partial charge in [0.2, 0.25) is 0 Å². The van der Waals surface area contributed by atoms with Gasteiger partial charge in [-0.3, -0.25) is 0 Å². The summed E-state index contributed by atoms with van der Waals surface area (Å²) in [5.41, 5.74) is -4.71. The van der Waals surface area contributed by atoms with Crippen molar-refractivity contribution in [3.8, 4) is 0 Å². The molecule has 6 atom stereocenters. The van der Waals surface area contributed by atoms with Gasteiger partial charge in [0.15, 0.2) is 34.1 Å². The Morgan fingerprint density at radius 1 is 0.452 bits per heavy atom. The number of quaternary nitrogens is 6. The van der Waals surface area contributed by atoms with Crippen LogP contribution in [0.15, 0.2) is 34.1 Å². The average Bonchev–Trinajstić information content (AvgIpc) is 2.66. The van der Waals surface area contributed by atoms with Gasteiger partial charge in [-0.25, -0.2) is 31.2 Å². The molecular formula is C12H16N6O12S. The minimum atomic E-state index is -1.76. The van der Waals surface area contributed by atoms with Gasteiger partial charge < -0.3 is 31.2 Å². The molecule has 2 aromatic carbocycles. The van der Waals surface area contributed by atoms with Crippen LogP contribution in [0.4, 0.5) is 34.1 Å². The van der Waals surface area contributed by atoms with Crippen molar-refractivity contribution in [2.45, 2.75) is 9.79 Å². The first-order chi connectivity index (χ1) is 14.3. The Labute approximate surface area is 174 Å². The van der Waals surface area contributed by atoms with Crippen molar-refractivity contribution in [3.63, 3.8) is 0 Å². The predicted molar refractivity (Wildman–Crippen MR) is 91.7 cm³/mol. The molecule has 0 bridgehead atoms. The molecule has 0 aliphatic carbocycles. The van der Waals surface area contributed by atoms with Crippen molar-refractivity contribution in [1.82, 2.24) is 0 Å². The molecule has 0 fully saturated rings. The van der Waals surface area contributed by atoms with Gasteiger partial charge in [0.25, 0.3) is 0 Å². The van der Waals surface area contributed by atoms with Crippen molar-refractivity contribution in [1.29, 1.82) is 0 Å². The highest BCUT2D eigenvalue weighted by Gasteiger charge is 2.31. The monoisotopic (exact) mass is 468 g/mol. The number of hydrogen-bond donors (Lipinski definition) is 12. The molecule has 0 heterocycles. The highest BCUT2D eigenvalue weighted by Crippen LogP contribution is 2.43. The van der Waals surface area contributed by atoms with Crippen LogP contribution in [0.5, 0.6) is 0 Å². The summed E-state index contributed by atoms with van der Waals surface area (Å²) in [5, 5.41) is 114. The lowest BCUT2D eigenvalue weighted by Gasteiger charge is -2.25. The average molecular weight is 468 g/mol. The van der Waals surface area contributed by atoms with Crippen LogP contribution in [0.25, 0.3) is 0 Å². The lowest BCUT2D eigenvalue weighted by molar-refractivity contribution is -1.00. The minimum Gasteiger partial charge on any atom is -0.595 e. The fourth-order valence-electron chi connectivity index (χ4n) is 2.46. The third kappa shape index (κ3) is 5.66. The third-order valence-corrected chi connectivity index (χ3v) is 5.09. The summed E-state index contributed by atoms with van der Waals surface area (Å²) < 4.78 is 0. The lowest BCUT2D eigenvalue weighted by atomic mass is 10.2. The Balaban J connectivity index is 2.83. The maximum atomic E-state index is 11.6. The van der Waals surface area contributed by atoms with E-state index in [4.69, 9.17) is 10.4 Å². The summed E-state index contributed by atoms with van der Waals surface area (Å²) in [4.78, 5) is -1.28.